The first kappa shape index (κ1) is 14.1. The summed E-state index contributed by atoms with van der Waals surface area (Å²) in [6.07, 6.45) is 8.26. The van der Waals surface area contributed by atoms with Crippen LogP contribution in [0.2, 0.25) is 0 Å². The highest BCUT2D eigenvalue weighted by molar-refractivity contribution is 5.20. The van der Waals surface area contributed by atoms with E-state index in [1.807, 2.05) is 0 Å². The number of hydrogen-bond donors (Lipinski definition) is 1. The van der Waals surface area contributed by atoms with Crippen molar-refractivity contribution in [2.75, 3.05) is 13.1 Å². The second-order valence-corrected chi connectivity index (χ2v) is 6.55. The molecule has 1 saturated heterocycles. The van der Waals surface area contributed by atoms with Crippen LogP contribution in [0.25, 0.3) is 0 Å². The Labute approximate surface area is 123 Å². The van der Waals surface area contributed by atoms with Gasteiger partial charge in [0.15, 0.2) is 0 Å². The molecule has 0 radical (unpaired) electrons. The van der Waals surface area contributed by atoms with Crippen LogP contribution >= 0.6 is 0 Å². The first-order chi connectivity index (χ1) is 9.84. The van der Waals surface area contributed by atoms with Crippen LogP contribution in [0.15, 0.2) is 30.3 Å². The van der Waals surface area contributed by atoms with Crippen molar-refractivity contribution in [1.29, 1.82) is 0 Å². The van der Waals surface area contributed by atoms with Crippen LogP contribution < -0.4 is 5.32 Å². The van der Waals surface area contributed by atoms with Crippen molar-refractivity contribution in [2.45, 2.75) is 63.6 Å². The van der Waals surface area contributed by atoms with Crippen LogP contribution in [0.4, 0.5) is 0 Å². The Hall–Kier alpha value is -0.860. The van der Waals surface area contributed by atoms with E-state index in [0.29, 0.717) is 12.1 Å². The largest absolute Gasteiger partial charge is 0.312 e. The first-order valence-electron chi connectivity index (χ1n) is 8.38. The lowest BCUT2D eigenvalue weighted by molar-refractivity contribution is 0.143. The van der Waals surface area contributed by atoms with Crippen molar-refractivity contribution in [3.63, 3.8) is 0 Å². The number of benzene rings is 1. The van der Waals surface area contributed by atoms with Crippen molar-refractivity contribution in [3.8, 4) is 0 Å². The standard InChI is InChI=1S/C18H28N2/c1-15-8-4-3-7-13-20(15)18(14-19-17-11-12-17)16-9-5-2-6-10-16/h2,5-6,9-10,15,17-19H,3-4,7-8,11-14H2,1H3. The van der Waals surface area contributed by atoms with E-state index < -0.39 is 0 Å². The Bertz CT molecular complexity index is 399. The number of hydrogen-bond acceptors (Lipinski definition) is 2. The second-order valence-electron chi connectivity index (χ2n) is 6.55. The molecule has 20 heavy (non-hydrogen) atoms. The predicted molar refractivity (Wildman–Crippen MR) is 84.8 cm³/mol. The summed E-state index contributed by atoms with van der Waals surface area (Å²) in [4.78, 5) is 2.75. The van der Waals surface area contributed by atoms with Crippen molar-refractivity contribution in [3.05, 3.63) is 35.9 Å². The molecular weight excluding hydrogens is 244 g/mol. The summed E-state index contributed by atoms with van der Waals surface area (Å²) in [6, 6.07) is 13.1. The quantitative estimate of drug-likeness (QED) is 0.878. The zero-order valence-electron chi connectivity index (χ0n) is 12.7. The lowest BCUT2D eigenvalue weighted by Crippen LogP contribution is -2.41. The highest BCUT2D eigenvalue weighted by Gasteiger charge is 2.28. The molecule has 1 N–H and O–H groups in total. The topological polar surface area (TPSA) is 15.3 Å². The van der Waals surface area contributed by atoms with Gasteiger partial charge in [-0.1, -0.05) is 43.2 Å². The van der Waals surface area contributed by atoms with E-state index >= 15 is 0 Å². The van der Waals surface area contributed by atoms with Gasteiger partial charge in [0.05, 0.1) is 0 Å². The van der Waals surface area contributed by atoms with Gasteiger partial charge in [0.2, 0.25) is 0 Å². The summed E-state index contributed by atoms with van der Waals surface area (Å²) < 4.78 is 0. The molecule has 2 unspecified atom stereocenters. The van der Waals surface area contributed by atoms with E-state index in [0.717, 1.165) is 12.6 Å². The summed E-state index contributed by atoms with van der Waals surface area (Å²) in [6.45, 7) is 4.78. The van der Waals surface area contributed by atoms with Crippen LogP contribution in [0.1, 0.15) is 57.1 Å². The minimum absolute atomic E-state index is 0.546. The van der Waals surface area contributed by atoms with E-state index in [2.05, 4.69) is 47.5 Å². The maximum Gasteiger partial charge on any atom is 0.0475 e. The summed E-state index contributed by atoms with van der Waals surface area (Å²) in [7, 11) is 0. The van der Waals surface area contributed by atoms with Gasteiger partial charge in [0, 0.05) is 24.7 Å². The molecule has 0 amide bonds. The van der Waals surface area contributed by atoms with E-state index in [1.54, 1.807) is 0 Å². The molecule has 1 aliphatic carbocycles. The number of rotatable bonds is 5. The van der Waals surface area contributed by atoms with Crippen LogP contribution in [0.5, 0.6) is 0 Å². The SMILES string of the molecule is CC1CCCCCN1C(CNC1CC1)c1ccccc1. The van der Waals surface area contributed by atoms with Crippen molar-refractivity contribution < 1.29 is 0 Å². The third-order valence-corrected chi connectivity index (χ3v) is 4.87. The Morgan fingerprint density at radius 2 is 1.90 bits per heavy atom. The summed E-state index contributed by atoms with van der Waals surface area (Å²) in [5.74, 6) is 0. The van der Waals surface area contributed by atoms with E-state index in [1.165, 1.54) is 50.6 Å². The fourth-order valence-electron chi connectivity index (χ4n) is 3.43. The molecule has 1 aromatic rings. The van der Waals surface area contributed by atoms with Gasteiger partial charge >= 0.3 is 0 Å². The molecule has 0 aromatic heterocycles. The van der Waals surface area contributed by atoms with E-state index in [4.69, 9.17) is 0 Å². The molecule has 1 saturated carbocycles. The average molecular weight is 272 g/mol. The number of likely N-dealkylation sites (tertiary alicyclic amines) is 1. The van der Waals surface area contributed by atoms with Gasteiger partial charge in [-0.3, -0.25) is 4.90 Å². The van der Waals surface area contributed by atoms with Gasteiger partial charge in [0.1, 0.15) is 0 Å². The Morgan fingerprint density at radius 3 is 2.65 bits per heavy atom. The monoisotopic (exact) mass is 272 g/mol. The summed E-state index contributed by atoms with van der Waals surface area (Å²) in [5.41, 5.74) is 1.48. The lowest BCUT2D eigenvalue weighted by atomic mass is 10.0. The molecule has 2 fully saturated rings. The zero-order valence-corrected chi connectivity index (χ0v) is 12.7. The molecule has 1 aromatic carbocycles. The molecule has 110 valence electrons. The number of nitrogens with one attached hydrogen (secondary N) is 1. The second kappa shape index (κ2) is 6.73. The molecule has 3 rings (SSSR count). The Kier molecular flexibility index (Phi) is 4.74. The van der Waals surface area contributed by atoms with Gasteiger partial charge in [-0.2, -0.15) is 0 Å². The van der Waals surface area contributed by atoms with Gasteiger partial charge in [-0.15, -0.1) is 0 Å². The van der Waals surface area contributed by atoms with Crippen molar-refractivity contribution in [1.82, 2.24) is 10.2 Å². The maximum absolute atomic E-state index is 3.75. The predicted octanol–water partition coefficient (Wildman–Crippen LogP) is 3.74. The third kappa shape index (κ3) is 3.62. The normalized spacial score (nSPS) is 26.1. The number of nitrogens with zero attached hydrogens (tertiary/aromatic N) is 1. The van der Waals surface area contributed by atoms with Gasteiger partial charge < -0.3 is 5.32 Å². The average Bonchev–Trinajstić information content (AvgIpc) is 3.30. The Balaban J connectivity index is 1.75. The highest BCUT2D eigenvalue weighted by Crippen LogP contribution is 2.29. The van der Waals surface area contributed by atoms with Crippen LogP contribution in [0.3, 0.4) is 0 Å². The van der Waals surface area contributed by atoms with Crippen LogP contribution in [-0.2, 0) is 0 Å². The summed E-state index contributed by atoms with van der Waals surface area (Å²) in [5, 5.41) is 3.75. The molecule has 0 spiro atoms. The van der Waals surface area contributed by atoms with Crippen LogP contribution in [-0.4, -0.2) is 30.1 Å². The molecule has 0 bridgehead atoms. The van der Waals surface area contributed by atoms with Crippen molar-refractivity contribution >= 4 is 0 Å². The highest BCUT2D eigenvalue weighted by atomic mass is 15.2. The fourth-order valence-corrected chi connectivity index (χ4v) is 3.43. The minimum Gasteiger partial charge on any atom is -0.312 e. The van der Waals surface area contributed by atoms with Gasteiger partial charge in [-0.25, -0.2) is 0 Å². The van der Waals surface area contributed by atoms with Crippen LogP contribution in [0, 0.1) is 0 Å². The molecule has 2 aliphatic rings. The van der Waals surface area contributed by atoms with E-state index in [9.17, 15) is 0 Å². The molecular formula is C18H28N2. The first-order valence-corrected chi connectivity index (χ1v) is 8.38. The van der Waals surface area contributed by atoms with E-state index in [-0.39, 0.29) is 0 Å². The van der Waals surface area contributed by atoms with Gasteiger partial charge in [0.25, 0.3) is 0 Å². The third-order valence-electron chi connectivity index (χ3n) is 4.87. The molecule has 1 aliphatic heterocycles. The Morgan fingerprint density at radius 1 is 1.10 bits per heavy atom. The summed E-state index contributed by atoms with van der Waals surface area (Å²) >= 11 is 0. The smallest absolute Gasteiger partial charge is 0.0475 e. The van der Waals surface area contributed by atoms with Gasteiger partial charge in [-0.05, 0) is 44.7 Å². The fraction of sp³-hybridized carbons (Fsp3) is 0.667. The maximum atomic E-state index is 3.75. The molecule has 2 nitrogen and oxygen atoms in total. The minimum atomic E-state index is 0.546. The molecule has 1 heterocycles. The molecule has 2 atom stereocenters. The van der Waals surface area contributed by atoms with Crippen molar-refractivity contribution in [2.24, 2.45) is 0 Å². The molecule has 2 heteroatoms. The zero-order chi connectivity index (χ0) is 13.8. The lowest BCUT2D eigenvalue weighted by Gasteiger charge is -2.36.